The summed E-state index contributed by atoms with van der Waals surface area (Å²) < 4.78 is 10.5. The molecule has 2 aromatic rings. The van der Waals surface area contributed by atoms with Crippen molar-refractivity contribution in [1.29, 1.82) is 0 Å². The Bertz CT molecular complexity index is 696. The molecule has 132 valence electrons. The van der Waals surface area contributed by atoms with Crippen molar-refractivity contribution in [2.75, 3.05) is 19.0 Å². The molecular formula is C19H22N2O4. The SMILES string of the molecule is CCCOc1ccc(NC(=O)C(=O)NCc2ccc(OC)cc2)cc1. The van der Waals surface area contributed by atoms with Crippen LogP contribution in [0, 0.1) is 0 Å². The first kappa shape index (κ1) is 18.3. The zero-order valence-electron chi connectivity index (χ0n) is 14.4. The molecule has 0 aliphatic rings. The van der Waals surface area contributed by atoms with E-state index in [1.165, 1.54) is 0 Å². The Morgan fingerprint density at radius 1 is 0.920 bits per heavy atom. The second-order valence-corrected chi connectivity index (χ2v) is 5.36. The maximum absolute atomic E-state index is 11.9. The van der Waals surface area contributed by atoms with Gasteiger partial charge < -0.3 is 20.1 Å². The maximum atomic E-state index is 11.9. The van der Waals surface area contributed by atoms with Gasteiger partial charge in [0.15, 0.2) is 0 Å². The van der Waals surface area contributed by atoms with Crippen molar-refractivity contribution in [1.82, 2.24) is 5.32 Å². The molecule has 0 atom stereocenters. The molecule has 0 bridgehead atoms. The third-order valence-corrected chi connectivity index (χ3v) is 3.40. The largest absolute Gasteiger partial charge is 0.497 e. The molecule has 0 unspecified atom stereocenters. The maximum Gasteiger partial charge on any atom is 0.313 e. The number of benzene rings is 2. The first-order valence-electron chi connectivity index (χ1n) is 8.07. The van der Waals surface area contributed by atoms with Crippen molar-refractivity contribution in [3.8, 4) is 11.5 Å². The summed E-state index contributed by atoms with van der Waals surface area (Å²) in [7, 11) is 1.59. The monoisotopic (exact) mass is 342 g/mol. The zero-order chi connectivity index (χ0) is 18.1. The summed E-state index contributed by atoms with van der Waals surface area (Å²) in [5, 5.41) is 5.13. The van der Waals surface area contributed by atoms with Crippen LogP contribution in [0.5, 0.6) is 11.5 Å². The molecule has 0 aliphatic carbocycles. The highest BCUT2D eigenvalue weighted by Crippen LogP contribution is 2.16. The number of carbonyl (C=O) groups excluding carboxylic acids is 2. The van der Waals surface area contributed by atoms with E-state index in [4.69, 9.17) is 9.47 Å². The Labute approximate surface area is 147 Å². The minimum Gasteiger partial charge on any atom is -0.497 e. The number of nitrogens with one attached hydrogen (secondary N) is 2. The minimum absolute atomic E-state index is 0.264. The van der Waals surface area contributed by atoms with E-state index < -0.39 is 11.8 Å². The fourth-order valence-electron chi connectivity index (χ4n) is 2.05. The third kappa shape index (κ3) is 5.84. The van der Waals surface area contributed by atoms with Crippen LogP contribution in [0.1, 0.15) is 18.9 Å². The van der Waals surface area contributed by atoms with Gasteiger partial charge in [-0.05, 0) is 48.4 Å². The van der Waals surface area contributed by atoms with Crippen molar-refractivity contribution in [3.05, 3.63) is 54.1 Å². The van der Waals surface area contributed by atoms with Crippen LogP contribution in [0.2, 0.25) is 0 Å². The van der Waals surface area contributed by atoms with Gasteiger partial charge >= 0.3 is 11.8 Å². The van der Waals surface area contributed by atoms with Gasteiger partial charge in [0.1, 0.15) is 11.5 Å². The molecule has 2 amide bonds. The molecule has 2 rings (SSSR count). The number of methoxy groups -OCH3 is 1. The molecule has 2 N–H and O–H groups in total. The third-order valence-electron chi connectivity index (χ3n) is 3.40. The van der Waals surface area contributed by atoms with Crippen LogP contribution >= 0.6 is 0 Å². The number of rotatable bonds is 7. The minimum atomic E-state index is -0.712. The van der Waals surface area contributed by atoms with Gasteiger partial charge in [-0.1, -0.05) is 19.1 Å². The smallest absolute Gasteiger partial charge is 0.313 e. The molecular weight excluding hydrogens is 320 g/mol. The van der Waals surface area contributed by atoms with Crippen molar-refractivity contribution in [2.24, 2.45) is 0 Å². The lowest BCUT2D eigenvalue weighted by molar-refractivity contribution is -0.136. The van der Waals surface area contributed by atoms with Crippen LogP contribution in [-0.4, -0.2) is 25.5 Å². The van der Waals surface area contributed by atoms with Gasteiger partial charge in [0.25, 0.3) is 0 Å². The molecule has 0 spiro atoms. The fraction of sp³-hybridized carbons (Fsp3) is 0.263. The van der Waals surface area contributed by atoms with Gasteiger partial charge in [0.2, 0.25) is 0 Å². The zero-order valence-corrected chi connectivity index (χ0v) is 14.4. The lowest BCUT2D eigenvalue weighted by Gasteiger charge is -2.08. The van der Waals surface area contributed by atoms with Crippen LogP contribution in [0.3, 0.4) is 0 Å². The highest BCUT2D eigenvalue weighted by atomic mass is 16.5. The highest BCUT2D eigenvalue weighted by molar-refractivity contribution is 6.39. The number of ether oxygens (including phenoxy) is 2. The molecule has 25 heavy (non-hydrogen) atoms. The van der Waals surface area contributed by atoms with E-state index >= 15 is 0 Å². The fourth-order valence-corrected chi connectivity index (χ4v) is 2.05. The van der Waals surface area contributed by atoms with Gasteiger partial charge in [-0.3, -0.25) is 9.59 Å². The predicted octanol–water partition coefficient (Wildman–Crippen LogP) is 2.74. The predicted molar refractivity (Wildman–Crippen MR) is 95.7 cm³/mol. The van der Waals surface area contributed by atoms with Gasteiger partial charge in [-0.15, -0.1) is 0 Å². The number of carbonyl (C=O) groups is 2. The van der Waals surface area contributed by atoms with Crippen molar-refractivity contribution < 1.29 is 19.1 Å². The molecule has 0 saturated carbocycles. The van der Waals surface area contributed by atoms with E-state index in [9.17, 15) is 9.59 Å². The Kier molecular flexibility index (Phi) is 6.83. The Hall–Kier alpha value is -3.02. The van der Waals surface area contributed by atoms with E-state index in [2.05, 4.69) is 10.6 Å². The van der Waals surface area contributed by atoms with Crippen LogP contribution in [-0.2, 0) is 16.1 Å². The van der Waals surface area contributed by atoms with E-state index in [-0.39, 0.29) is 6.54 Å². The van der Waals surface area contributed by atoms with Gasteiger partial charge in [-0.2, -0.15) is 0 Å². The van der Waals surface area contributed by atoms with E-state index in [1.54, 1.807) is 43.5 Å². The standard InChI is InChI=1S/C19H22N2O4/c1-3-12-25-17-10-6-15(7-11-17)21-19(23)18(22)20-13-14-4-8-16(24-2)9-5-14/h4-11H,3,12-13H2,1-2H3,(H,20,22)(H,21,23). The van der Waals surface area contributed by atoms with Gasteiger partial charge in [-0.25, -0.2) is 0 Å². The average Bonchev–Trinajstić information content (AvgIpc) is 2.65. The lowest BCUT2D eigenvalue weighted by Crippen LogP contribution is -2.34. The molecule has 0 heterocycles. The van der Waals surface area contributed by atoms with Crippen LogP contribution in [0.15, 0.2) is 48.5 Å². The van der Waals surface area contributed by atoms with E-state index in [0.29, 0.717) is 12.3 Å². The summed E-state index contributed by atoms with van der Waals surface area (Å²) in [5.74, 6) is 0.0563. The molecule has 6 heteroatoms. The number of anilines is 1. The van der Waals surface area contributed by atoms with Crippen molar-refractivity contribution >= 4 is 17.5 Å². The summed E-state index contributed by atoms with van der Waals surface area (Å²) in [6.45, 7) is 2.93. The second kappa shape index (κ2) is 9.32. The summed E-state index contributed by atoms with van der Waals surface area (Å²) in [6.07, 6.45) is 0.923. The molecule has 0 aromatic heterocycles. The summed E-state index contributed by atoms with van der Waals surface area (Å²) in [5.41, 5.74) is 1.41. The quantitative estimate of drug-likeness (QED) is 0.759. The van der Waals surface area contributed by atoms with E-state index in [1.807, 2.05) is 19.1 Å². The summed E-state index contributed by atoms with van der Waals surface area (Å²) in [4.78, 5) is 23.8. The van der Waals surface area contributed by atoms with Gasteiger partial charge in [0, 0.05) is 12.2 Å². The molecule has 0 aliphatic heterocycles. The summed E-state index contributed by atoms with van der Waals surface area (Å²) >= 11 is 0. The molecule has 0 radical (unpaired) electrons. The van der Waals surface area contributed by atoms with Crippen LogP contribution < -0.4 is 20.1 Å². The van der Waals surface area contributed by atoms with E-state index in [0.717, 1.165) is 23.5 Å². The topological polar surface area (TPSA) is 76.7 Å². The number of hydrogen-bond donors (Lipinski definition) is 2. The number of hydrogen-bond acceptors (Lipinski definition) is 4. The van der Waals surface area contributed by atoms with Crippen LogP contribution in [0.4, 0.5) is 5.69 Å². The second-order valence-electron chi connectivity index (χ2n) is 5.36. The molecule has 0 fully saturated rings. The first-order chi connectivity index (χ1) is 12.1. The Morgan fingerprint density at radius 2 is 1.56 bits per heavy atom. The molecule has 6 nitrogen and oxygen atoms in total. The van der Waals surface area contributed by atoms with Gasteiger partial charge in [0.05, 0.1) is 13.7 Å². The summed E-state index contributed by atoms with van der Waals surface area (Å²) in [6, 6.07) is 14.1. The lowest BCUT2D eigenvalue weighted by atomic mass is 10.2. The normalized spacial score (nSPS) is 10.0. The average molecular weight is 342 g/mol. The first-order valence-corrected chi connectivity index (χ1v) is 8.07. The van der Waals surface area contributed by atoms with Crippen LogP contribution in [0.25, 0.3) is 0 Å². The van der Waals surface area contributed by atoms with Crippen molar-refractivity contribution in [2.45, 2.75) is 19.9 Å². The Morgan fingerprint density at radius 3 is 2.16 bits per heavy atom. The van der Waals surface area contributed by atoms with Crippen molar-refractivity contribution in [3.63, 3.8) is 0 Å². The molecule has 2 aromatic carbocycles. The Balaban J connectivity index is 1.81. The number of amides is 2. The molecule has 0 saturated heterocycles. The highest BCUT2D eigenvalue weighted by Gasteiger charge is 2.13.